The van der Waals surface area contributed by atoms with Crippen molar-refractivity contribution >= 4 is 17.3 Å². The van der Waals surface area contributed by atoms with Gasteiger partial charge in [-0.2, -0.15) is 0 Å². The van der Waals surface area contributed by atoms with Crippen molar-refractivity contribution in [3.05, 3.63) is 48.3 Å². The van der Waals surface area contributed by atoms with Crippen LogP contribution in [0.1, 0.15) is 10.5 Å². The molecule has 0 unspecified atom stereocenters. The van der Waals surface area contributed by atoms with E-state index in [-0.39, 0.29) is 5.69 Å². The van der Waals surface area contributed by atoms with Gasteiger partial charge in [-0.3, -0.25) is 10.1 Å². The summed E-state index contributed by atoms with van der Waals surface area (Å²) < 4.78 is 1.41. The molecule has 1 heterocycles. The number of nitrogen functional groups attached to an aromatic ring is 1. The first-order valence-electron chi connectivity index (χ1n) is 4.70. The van der Waals surface area contributed by atoms with Gasteiger partial charge in [0.05, 0.1) is 11.4 Å². The van der Waals surface area contributed by atoms with E-state index in [1.54, 1.807) is 24.4 Å². The molecule has 5 heteroatoms. The highest BCUT2D eigenvalue weighted by molar-refractivity contribution is 5.86. The molecule has 5 nitrogen and oxygen atoms in total. The van der Waals surface area contributed by atoms with Gasteiger partial charge in [0, 0.05) is 6.20 Å². The van der Waals surface area contributed by atoms with E-state index in [0.29, 0.717) is 11.4 Å². The number of hydrogen-bond acceptors (Lipinski definition) is 3. The van der Waals surface area contributed by atoms with E-state index in [9.17, 15) is 4.79 Å². The molecule has 0 aliphatic carbocycles. The Hall–Kier alpha value is -2.43. The van der Waals surface area contributed by atoms with Crippen LogP contribution >= 0.6 is 0 Å². The third-order valence-electron chi connectivity index (χ3n) is 2.17. The Kier molecular flexibility index (Phi) is 2.51. The molecule has 1 aromatic heterocycles. The van der Waals surface area contributed by atoms with Crippen molar-refractivity contribution in [2.45, 2.75) is 0 Å². The number of carboxylic acid groups (broad SMARTS) is 1. The van der Waals surface area contributed by atoms with Crippen molar-refractivity contribution in [1.29, 1.82) is 0 Å². The van der Waals surface area contributed by atoms with Crippen LogP contribution in [0.3, 0.4) is 0 Å². The number of nitrogens with two attached hydrogens (primary N) is 1. The molecule has 0 saturated heterocycles. The topological polar surface area (TPSA) is 80.3 Å². The Labute approximate surface area is 92.1 Å². The molecule has 0 atom stereocenters. The van der Waals surface area contributed by atoms with Crippen molar-refractivity contribution < 1.29 is 9.90 Å². The number of hydrogen-bond donors (Lipinski definition) is 3. The fourth-order valence-corrected chi connectivity index (χ4v) is 1.38. The number of aromatic carboxylic acids is 1. The van der Waals surface area contributed by atoms with Gasteiger partial charge < -0.3 is 10.8 Å². The minimum Gasteiger partial charge on any atom is -0.477 e. The second kappa shape index (κ2) is 3.98. The van der Waals surface area contributed by atoms with Crippen molar-refractivity contribution in [3.63, 3.8) is 0 Å². The molecule has 0 fully saturated rings. The zero-order chi connectivity index (χ0) is 11.5. The first-order chi connectivity index (χ1) is 7.68. The van der Waals surface area contributed by atoms with Gasteiger partial charge in [-0.25, -0.2) is 4.79 Å². The lowest BCUT2D eigenvalue weighted by molar-refractivity contribution is 0.0687. The standard InChI is InChI=1S/C11H11N3O2/c12-8-4-1-2-5-9(8)13-14-7-3-6-10(14)11(15)16/h1-7,13H,12H2,(H,15,16). The largest absolute Gasteiger partial charge is 0.477 e. The number of anilines is 2. The van der Waals surface area contributed by atoms with Crippen LogP contribution in [0.5, 0.6) is 0 Å². The van der Waals surface area contributed by atoms with E-state index < -0.39 is 5.97 Å². The monoisotopic (exact) mass is 217 g/mol. The third kappa shape index (κ3) is 1.83. The number of aromatic nitrogens is 1. The van der Waals surface area contributed by atoms with E-state index in [2.05, 4.69) is 5.43 Å². The van der Waals surface area contributed by atoms with Crippen LogP contribution in [0, 0.1) is 0 Å². The maximum atomic E-state index is 10.9. The third-order valence-corrected chi connectivity index (χ3v) is 2.17. The smallest absolute Gasteiger partial charge is 0.354 e. The summed E-state index contributed by atoms with van der Waals surface area (Å²) in [6, 6.07) is 10.3. The van der Waals surface area contributed by atoms with Gasteiger partial charge in [0.1, 0.15) is 5.69 Å². The number of nitrogens with one attached hydrogen (secondary N) is 1. The van der Waals surface area contributed by atoms with E-state index in [0.717, 1.165) is 0 Å². The van der Waals surface area contributed by atoms with Gasteiger partial charge >= 0.3 is 5.97 Å². The van der Waals surface area contributed by atoms with Gasteiger partial charge in [-0.1, -0.05) is 12.1 Å². The number of carbonyl (C=O) groups is 1. The fraction of sp³-hybridized carbons (Fsp3) is 0. The summed E-state index contributed by atoms with van der Waals surface area (Å²) in [5.41, 5.74) is 10.0. The molecule has 0 amide bonds. The first-order valence-corrected chi connectivity index (χ1v) is 4.70. The minimum atomic E-state index is -0.994. The summed E-state index contributed by atoms with van der Waals surface area (Å²) >= 11 is 0. The van der Waals surface area contributed by atoms with Crippen molar-refractivity contribution in [2.24, 2.45) is 0 Å². The molecular weight excluding hydrogens is 206 g/mol. The van der Waals surface area contributed by atoms with E-state index in [1.807, 2.05) is 12.1 Å². The number of carboxylic acids is 1. The predicted octanol–water partition coefficient (Wildman–Crippen LogP) is 1.64. The molecule has 2 rings (SSSR count). The van der Waals surface area contributed by atoms with Gasteiger partial charge in [-0.15, -0.1) is 0 Å². The fourth-order valence-electron chi connectivity index (χ4n) is 1.38. The van der Waals surface area contributed by atoms with Gasteiger partial charge in [0.2, 0.25) is 0 Å². The maximum absolute atomic E-state index is 10.9. The summed E-state index contributed by atoms with van der Waals surface area (Å²) in [5.74, 6) is -0.994. The number of para-hydroxylation sites is 2. The lowest BCUT2D eigenvalue weighted by Gasteiger charge is -2.11. The molecule has 0 spiro atoms. The molecule has 0 aliphatic rings. The Balaban J connectivity index is 2.31. The van der Waals surface area contributed by atoms with Crippen LogP contribution < -0.4 is 11.2 Å². The summed E-state index contributed by atoms with van der Waals surface area (Å²) in [5, 5.41) is 8.91. The average Bonchev–Trinajstić information content (AvgIpc) is 2.69. The van der Waals surface area contributed by atoms with Crippen LogP contribution in [0.25, 0.3) is 0 Å². The van der Waals surface area contributed by atoms with Crippen molar-refractivity contribution in [2.75, 3.05) is 11.2 Å². The quantitative estimate of drug-likeness (QED) is 0.683. The van der Waals surface area contributed by atoms with Gasteiger partial charge in [0.15, 0.2) is 0 Å². The van der Waals surface area contributed by atoms with Crippen LogP contribution in [0.15, 0.2) is 42.6 Å². The Bertz CT molecular complexity index is 519. The van der Waals surface area contributed by atoms with Crippen LogP contribution in [0.4, 0.5) is 11.4 Å². The van der Waals surface area contributed by atoms with Crippen LogP contribution in [-0.2, 0) is 0 Å². The van der Waals surface area contributed by atoms with Crippen molar-refractivity contribution in [1.82, 2.24) is 4.68 Å². The van der Waals surface area contributed by atoms with Crippen LogP contribution in [0.2, 0.25) is 0 Å². The van der Waals surface area contributed by atoms with Crippen molar-refractivity contribution in [3.8, 4) is 0 Å². The molecule has 0 bridgehead atoms. The molecular formula is C11H11N3O2. The van der Waals surface area contributed by atoms with Gasteiger partial charge in [0.25, 0.3) is 0 Å². The van der Waals surface area contributed by atoms with Gasteiger partial charge in [-0.05, 0) is 24.3 Å². The Morgan fingerprint density at radius 2 is 2.00 bits per heavy atom. The highest BCUT2D eigenvalue weighted by Gasteiger charge is 2.08. The zero-order valence-electron chi connectivity index (χ0n) is 8.42. The molecule has 0 aliphatic heterocycles. The van der Waals surface area contributed by atoms with E-state index >= 15 is 0 Å². The van der Waals surface area contributed by atoms with E-state index in [4.69, 9.17) is 10.8 Å². The molecule has 4 N–H and O–H groups in total. The Morgan fingerprint density at radius 3 is 2.69 bits per heavy atom. The molecule has 1 aromatic carbocycles. The second-order valence-electron chi connectivity index (χ2n) is 3.27. The molecule has 2 aromatic rings. The minimum absolute atomic E-state index is 0.156. The highest BCUT2D eigenvalue weighted by Crippen LogP contribution is 2.17. The number of nitrogens with zero attached hydrogens (tertiary/aromatic N) is 1. The molecule has 0 saturated carbocycles. The Morgan fingerprint density at radius 1 is 1.25 bits per heavy atom. The zero-order valence-corrected chi connectivity index (χ0v) is 8.42. The SMILES string of the molecule is Nc1ccccc1Nn1cccc1C(=O)O. The summed E-state index contributed by atoms with van der Waals surface area (Å²) in [6.45, 7) is 0. The second-order valence-corrected chi connectivity index (χ2v) is 3.27. The maximum Gasteiger partial charge on any atom is 0.354 e. The first kappa shape index (κ1) is 10.1. The summed E-state index contributed by atoms with van der Waals surface area (Å²) in [7, 11) is 0. The summed E-state index contributed by atoms with van der Waals surface area (Å²) in [4.78, 5) is 10.9. The molecule has 16 heavy (non-hydrogen) atoms. The lowest BCUT2D eigenvalue weighted by atomic mass is 10.3. The van der Waals surface area contributed by atoms with E-state index in [1.165, 1.54) is 10.7 Å². The molecule has 0 radical (unpaired) electrons. The number of benzene rings is 1. The van der Waals surface area contributed by atoms with Crippen LogP contribution in [-0.4, -0.2) is 15.8 Å². The number of rotatable bonds is 3. The predicted molar refractivity (Wildman–Crippen MR) is 61.3 cm³/mol. The highest BCUT2D eigenvalue weighted by atomic mass is 16.4. The molecule has 82 valence electrons. The average molecular weight is 217 g/mol. The summed E-state index contributed by atoms with van der Waals surface area (Å²) in [6.07, 6.45) is 1.62. The normalized spacial score (nSPS) is 10.0. The lowest BCUT2D eigenvalue weighted by Crippen LogP contribution is -2.15.